The Labute approximate surface area is 167 Å². The molecule has 1 aliphatic carbocycles. The zero-order valence-electron chi connectivity index (χ0n) is 16.0. The van der Waals surface area contributed by atoms with Gasteiger partial charge < -0.3 is 9.67 Å². The van der Waals surface area contributed by atoms with Crippen molar-refractivity contribution in [1.29, 1.82) is 0 Å². The van der Waals surface area contributed by atoms with E-state index < -0.39 is 11.8 Å². The van der Waals surface area contributed by atoms with Crippen LogP contribution >= 0.6 is 0 Å². The lowest BCUT2D eigenvalue weighted by molar-refractivity contribution is 0.0698. The van der Waals surface area contributed by atoms with Crippen LogP contribution in [-0.4, -0.2) is 25.4 Å². The van der Waals surface area contributed by atoms with E-state index in [0.29, 0.717) is 18.0 Å². The molecule has 0 bridgehead atoms. The van der Waals surface area contributed by atoms with Crippen molar-refractivity contribution in [3.63, 3.8) is 0 Å². The van der Waals surface area contributed by atoms with E-state index in [1.807, 2.05) is 54.3 Å². The van der Waals surface area contributed by atoms with Crippen molar-refractivity contribution in [1.82, 2.24) is 14.3 Å². The van der Waals surface area contributed by atoms with E-state index in [0.717, 1.165) is 35.1 Å². The molecule has 0 unspecified atom stereocenters. The molecule has 0 radical (unpaired) electrons. The van der Waals surface area contributed by atoms with Crippen LogP contribution in [0.15, 0.2) is 55.0 Å². The molecule has 1 aliphatic rings. The second-order valence-electron chi connectivity index (χ2n) is 7.71. The van der Waals surface area contributed by atoms with Crippen molar-refractivity contribution in [2.75, 3.05) is 0 Å². The highest BCUT2D eigenvalue weighted by Crippen LogP contribution is 2.44. The van der Waals surface area contributed by atoms with E-state index >= 15 is 0 Å². The van der Waals surface area contributed by atoms with Crippen molar-refractivity contribution >= 4 is 16.9 Å². The van der Waals surface area contributed by atoms with Gasteiger partial charge in [0.25, 0.3) is 0 Å². The first kappa shape index (κ1) is 17.7. The molecular formula is C23H20FN3O2. The van der Waals surface area contributed by atoms with Gasteiger partial charge in [-0.2, -0.15) is 5.10 Å². The van der Waals surface area contributed by atoms with E-state index in [1.165, 1.54) is 6.07 Å². The van der Waals surface area contributed by atoms with Crippen molar-refractivity contribution in [2.24, 2.45) is 7.05 Å². The van der Waals surface area contributed by atoms with Gasteiger partial charge in [0.05, 0.1) is 22.7 Å². The van der Waals surface area contributed by atoms with E-state index in [-0.39, 0.29) is 10.9 Å². The van der Waals surface area contributed by atoms with Crippen LogP contribution in [0.4, 0.5) is 4.39 Å². The molecule has 6 heteroatoms. The van der Waals surface area contributed by atoms with Crippen LogP contribution in [0.25, 0.3) is 22.0 Å². The molecule has 29 heavy (non-hydrogen) atoms. The lowest BCUT2D eigenvalue weighted by Crippen LogP contribution is -2.00. The molecule has 2 aromatic heterocycles. The van der Waals surface area contributed by atoms with Gasteiger partial charge in [-0.15, -0.1) is 0 Å². The number of carbonyl (C=O) groups is 1. The van der Waals surface area contributed by atoms with Crippen LogP contribution in [0.1, 0.15) is 40.2 Å². The normalized spacial score (nSPS) is 13.9. The van der Waals surface area contributed by atoms with Crippen LogP contribution in [0.5, 0.6) is 0 Å². The monoisotopic (exact) mass is 389 g/mol. The summed E-state index contributed by atoms with van der Waals surface area (Å²) in [5.74, 6) is -1.19. The summed E-state index contributed by atoms with van der Waals surface area (Å²) in [6.07, 6.45) is 7.47. The highest BCUT2D eigenvalue weighted by Gasteiger charge is 2.29. The van der Waals surface area contributed by atoms with E-state index in [9.17, 15) is 14.3 Å². The molecule has 4 aromatic rings. The third kappa shape index (κ3) is 3.10. The van der Waals surface area contributed by atoms with Crippen LogP contribution in [-0.2, 0) is 13.6 Å². The van der Waals surface area contributed by atoms with Crippen molar-refractivity contribution in [3.8, 4) is 11.1 Å². The molecule has 0 amide bonds. The Morgan fingerprint density at radius 1 is 1.14 bits per heavy atom. The van der Waals surface area contributed by atoms with Gasteiger partial charge in [-0.3, -0.25) is 4.68 Å². The number of benzene rings is 2. The van der Waals surface area contributed by atoms with Crippen molar-refractivity contribution in [2.45, 2.75) is 25.3 Å². The van der Waals surface area contributed by atoms with Gasteiger partial charge in [-0.1, -0.05) is 30.3 Å². The van der Waals surface area contributed by atoms with E-state index in [1.54, 1.807) is 10.9 Å². The SMILES string of the molecule is Cn1cc(-c2ccc(Cn3cc(C(=O)O)c4c(F)ccc(C5CC5)c43)cc2)cn1. The number of rotatable bonds is 5. The van der Waals surface area contributed by atoms with Gasteiger partial charge in [0.1, 0.15) is 5.82 Å². The number of halogens is 1. The third-order valence-electron chi connectivity index (χ3n) is 5.59. The largest absolute Gasteiger partial charge is 0.478 e. The lowest BCUT2D eigenvalue weighted by Gasteiger charge is -2.10. The lowest BCUT2D eigenvalue weighted by atomic mass is 10.0. The summed E-state index contributed by atoms with van der Waals surface area (Å²) in [5, 5.41) is 14.0. The Morgan fingerprint density at radius 2 is 1.90 bits per heavy atom. The fraction of sp³-hybridized carbons (Fsp3) is 0.217. The van der Waals surface area contributed by atoms with E-state index in [2.05, 4.69) is 5.10 Å². The standard InChI is InChI=1S/C23H20FN3O2/c1-26-12-17(10-25-26)15-4-2-14(3-5-15)11-27-13-19(23(28)29)21-20(24)9-8-18(22(21)27)16-6-7-16/h2-5,8-10,12-13,16H,6-7,11H2,1H3,(H,28,29). The maximum absolute atomic E-state index is 14.6. The highest BCUT2D eigenvalue weighted by molar-refractivity contribution is 6.04. The van der Waals surface area contributed by atoms with E-state index in [4.69, 9.17) is 0 Å². The molecule has 0 saturated heterocycles. The Hall–Kier alpha value is -3.41. The zero-order valence-corrected chi connectivity index (χ0v) is 16.0. The van der Waals surface area contributed by atoms with Crippen molar-refractivity contribution in [3.05, 3.63) is 77.5 Å². The summed E-state index contributed by atoms with van der Waals surface area (Å²) in [4.78, 5) is 11.7. The number of fused-ring (bicyclic) bond motifs is 1. The molecule has 0 aliphatic heterocycles. The minimum Gasteiger partial charge on any atom is -0.478 e. The second kappa shape index (κ2) is 6.58. The molecule has 146 valence electrons. The number of carboxylic acids is 1. The van der Waals surface area contributed by atoms with Gasteiger partial charge in [0.15, 0.2) is 0 Å². The number of aromatic carboxylic acids is 1. The molecule has 1 fully saturated rings. The molecular weight excluding hydrogens is 369 g/mol. The Bertz CT molecular complexity index is 1230. The van der Waals surface area contributed by atoms with Crippen LogP contribution in [0, 0.1) is 5.82 Å². The average Bonchev–Trinajstić information content (AvgIpc) is 3.34. The highest BCUT2D eigenvalue weighted by atomic mass is 19.1. The van der Waals surface area contributed by atoms with Gasteiger partial charge >= 0.3 is 5.97 Å². The molecule has 1 saturated carbocycles. The molecule has 0 spiro atoms. The average molecular weight is 389 g/mol. The fourth-order valence-electron chi connectivity index (χ4n) is 4.01. The van der Waals surface area contributed by atoms with Gasteiger partial charge in [-0.25, -0.2) is 9.18 Å². The summed E-state index contributed by atoms with van der Waals surface area (Å²) in [6.45, 7) is 0.486. The van der Waals surface area contributed by atoms with Crippen LogP contribution in [0.2, 0.25) is 0 Å². The molecule has 0 atom stereocenters. The molecule has 5 rings (SSSR count). The van der Waals surface area contributed by atoms with Crippen molar-refractivity contribution < 1.29 is 14.3 Å². The predicted octanol–water partition coefficient (Wildman–Crippen LogP) is 4.80. The van der Waals surface area contributed by atoms with Gasteiger partial charge in [0.2, 0.25) is 0 Å². The molecule has 2 heterocycles. The first-order valence-electron chi connectivity index (χ1n) is 9.64. The first-order chi connectivity index (χ1) is 14.0. The summed E-state index contributed by atoms with van der Waals surface area (Å²) in [6, 6.07) is 11.3. The Morgan fingerprint density at radius 3 is 2.52 bits per heavy atom. The second-order valence-corrected chi connectivity index (χ2v) is 7.71. The fourth-order valence-corrected chi connectivity index (χ4v) is 4.01. The van der Waals surface area contributed by atoms with Gasteiger partial charge in [0, 0.05) is 31.5 Å². The molecule has 1 N–H and O–H groups in total. The smallest absolute Gasteiger partial charge is 0.337 e. The quantitative estimate of drug-likeness (QED) is 0.533. The van der Waals surface area contributed by atoms with Gasteiger partial charge in [-0.05, 0) is 41.5 Å². The number of aryl methyl sites for hydroxylation is 1. The minimum absolute atomic E-state index is 0.0204. The maximum atomic E-state index is 14.6. The first-order valence-corrected chi connectivity index (χ1v) is 9.64. The predicted molar refractivity (Wildman–Crippen MR) is 109 cm³/mol. The maximum Gasteiger partial charge on any atom is 0.337 e. The minimum atomic E-state index is -1.10. The number of aromatic nitrogens is 3. The summed E-state index contributed by atoms with van der Waals surface area (Å²) < 4.78 is 18.2. The molecule has 5 nitrogen and oxygen atoms in total. The summed E-state index contributed by atoms with van der Waals surface area (Å²) >= 11 is 0. The number of carboxylic acid groups (broad SMARTS) is 1. The summed E-state index contributed by atoms with van der Waals surface area (Å²) in [7, 11) is 1.88. The molecule has 2 aromatic carbocycles. The van der Waals surface area contributed by atoms with Crippen LogP contribution in [0.3, 0.4) is 0 Å². The summed E-state index contributed by atoms with van der Waals surface area (Å²) in [5.41, 5.74) is 4.90. The number of hydrogen-bond donors (Lipinski definition) is 1. The Kier molecular flexibility index (Phi) is 4.01. The topological polar surface area (TPSA) is 60.0 Å². The Balaban J connectivity index is 1.56. The zero-order chi connectivity index (χ0) is 20.1. The van der Waals surface area contributed by atoms with Crippen LogP contribution < -0.4 is 0 Å². The number of hydrogen-bond acceptors (Lipinski definition) is 2. The third-order valence-corrected chi connectivity index (χ3v) is 5.59. The number of nitrogens with zero attached hydrogens (tertiary/aromatic N) is 3.